The van der Waals surface area contributed by atoms with E-state index in [1.165, 1.54) is 32.1 Å². The van der Waals surface area contributed by atoms with Crippen molar-refractivity contribution in [2.24, 2.45) is 5.92 Å². The van der Waals surface area contributed by atoms with Crippen LogP contribution in [0, 0.1) is 12.8 Å². The van der Waals surface area contributed by atoms with E-state index >= 15 is 0 Å². The van der Waals surface area contributed by atoms with Crippen LogP contribution < -0.4 is 5.32 Å². The summed E-state index contributed by atoms with van der Waals surface area (Å²) in [5, 5.41) is 12.2. The summed E-state index contributed by atoms with van der Waals surface area (Å²) in [6.45, 7) is 3.28. The molecule has 2 rings (SSSR count). The van der Waals surface area contributed by atoms with Crippen molar-refractivity contribution in [1.29, 1.82) is 0 Å². The first-order chi connectivity index (χ1) is 8.66. The Kier molecular flexibility index (Phi) is 4.42. The number of carboxylic acid groups (broad SMARTS) is 1. The molecule has 1 aromatic rings. The lowest BCUT2D eigenvalue weighted by molar-refractivity contribution is 0.0695. The average molecular weight is 251 g/mol. The Morgan fingerprint density at radius 2 is 2.22 bits per heavy atom. The lowest BCUT2D eigenvalue weighted by atomic mass is 10.0. The van der Waals surface area contributed by atoms with Gasteiger partial charge in [-0.25, -0.2) is 4.79 Å². The van der Waals surface area contributed by atoms with Gasteiger partial charge in [0, 0.05) is 0 Å². The minimum atomic E-state index is -0.923. The molecule has 1 aliphatic rings. The van der Waals surface area contributed by atoms with E-state index in [1.807, 2.05) is 0 Å². The van der Waals surface area contributed by atoms with Gasteiger partial charge in [-0.3, -0.25) is 0 Å². The van der Waals surface area contributed by atoms with Crippen LogP contribution in [-0.2, 0) is 6.54 Å². The average Bonchev–Trinajstić information content (AvgIpc) is 2.94. The molecular formula is C14H21NO3. The Morgan fingerprint density at radius 3 is 2.83 bits per heavy atom. The molecule has 0 unspecified atom stereocenters. The van der Waals surface area contributed by atoms with Crippen LogP contribution in [0.3, 0.4) is 0 Å². The molecule has 1 aromatic heterocycles. The van der Waals surface area contributed by atoms with Gasteiger partial charge in [0.05, 0.1) is 6.54 Å². The molecule has 1 aliphatic carbocycles. The highest BCUT2D eigenvalue weighted by Crippen LogP contribution is 2.26. The van der Waals surface area contributed by atoms with Crippen molar-refractivity contribution in [1.82, 2.24) is 5.32 Å². The van der Waals surface area contributed by atoms with Crippen LogP contribution in [0.5, 0.6) is 0 Å². The summed E-state index contributed by atoms with van der Waals surface area (Å²) in [4.78, 5) is 10.9. The van der Waals surface area contributed by atoms with Crippen molar-refractivity contribution in [2.75, 3.05) is 6.54 Å². The first-order valence-electron chi connectivity index (χ1n) is 6.70. The molecule has 18 heavy (non-hydrogen) atoms. The molecule has 0 bridgehead atoms. The van der Waals surface area contributed by atoms with E-state index in [4.69, 9.17) is 9.52 Å². The highest BCUT2D eigenvalue weighted by molar-refractivity contribution is 5.88. The van der Waals surface area contributed by atoms with Gasteiger partial charge in [-0.1, -0.05) is 25.7 Å². The summed E-state index contributed by atoms with van der Waals surface area (Å²) < 4.78 is 5.40. The maximum Gasteiger partial charge on any atom is 0.339 e. The molecule has 0 radical (unpaired) electrons. The zero-order valence-corrected chi connectivity index (χ0v) is 10.9. The number of furan rings is 1. The molecule has 0 atom stereocenters. The Bertz CT molecular complexity index is 405. The smallest absolute Gasteiger partial charge is 0.339 e. The third-order valence-electron chi connectivity index (χ3n) is 3.70. The highest BCUT2D eigenvalue weighted by atomic mass is 16.4. The molecule has 1 saturated carbocycles. The molecule has 100 valence electrons. The van der Waals surface area contributed by atoms with E-state index < -0.39 is 5.97 Å². The Hall–Kier alpha value is -1.29. The number of aromatic carboxylic acids is 1. The molecule has 0 aromatic carbocycles. The van der Waals surface area contributed by atoms with Crippen molar-refractivity contribution >= 4 is 5.97 Å². The van der Waals surface area contributed by atoms with Crippen LogP contribution in [0.15, 0.2) is 10.5 Å². The van der Waals surface area contributed by atoms with Crippen LogP contribution in [0.1, 0.15) is 54.0 Å². The number of rotatable bonds is 6. The molecule has 0 aliphatic heterocycles. The fraction of sp³-hybridized carbons (Fsp3) is 0.643. The largest absolute Gasteiger partial charge is 0.478 e. The quantitative estimate of drug-likeness (QED) is 0.763. The number of hydrogen-bond acceptors (Lipinski definition) is 3. The SMILES string of the molecule is Cc1oc(CNCCC2CCCC2)cc1C(=O)O. The third-order valence-corrected chi connectivity index (χ3v) is 3.70. The Morgan fingerprint density at radius 1 is 1.50 bits per heavy atom. The predicted molar refractivity (Wildman–Crippen MR) is 68.7 cm³/mol. The van der Waals surface area contributed by atoms with Crippen LogP contribution in [0.25, 0.3) is 0 Å². The number of carbonyl (C=O) groups is 1. The standard InChI is InChI=1S/C14H21NO3/c1-10-13(14(16)17)8-12(18-10)9-15-7-6-11-4-2-3-5-11/h8,11,15H,2-7,9H2,1H3,(H,16,17). The van der Waals surface area contributed by atoms with E-state index in [1.54, 1.807) is 13.0 Å². The molecule has 0 saturated heterocycles. The van der Waals surface area contributed by atoms with E-state index in [0.29, 0.717) is 18.1 Å². The molecule has 1 fully saturated rings. The zero-order chi connectivity index (χ0) is 13.0. The first-order valence-corrected chi connectivity index (χ1v) is 6.70. The third kappa shape index (κ3) is 3.35. The van der Waals surface area contributed by atoms with E-state index in [2.05, 4.69) is 5.32 Å². The second-order valence-electron chi connectivity index (χ2n) is 5.10. The molecule has 0 spiro atoms. The maximum atomic E-state index is 10.9. The number of carboxylic acids is 1. The van der Waals surface area contributed by atoms with Crippen molar-refractivity contribution < 1.29 is 14.3 Å². The van der Waals surface area contributed by atoms with Crippen LogP contribution >= 0.6 is 0 Å². The fourth-order valence-corrected chi connectivity index (χ4v) is 2.66. The summed E-state index contributed by atoms with van der Waals surface area (Å²) in [6, 6.07) is 1.61. The topological polar surface area (TPSA) is 62.5 Å². The molecule has 1 heterocycles. The molecule has 4 nitrogen and oxygen atoms in total. The normalized spacial score (nSPS) is 16.3. The van der Waals surface area contributed by atoms with Crippen molar-refractivity contribution in [3.05, 3.63) is 23.2 Å². The molecule has 4 heteroatoms. The summed E-state index contributed by atoms with van der Waals surface area (Å²) in [5.41, 5.74) is 0.266. The van der Waals surface area contributed by atoms with E-state index in [9.17, 15) is 4.79 Å². The fourth-order valence-electron chi connectivity index (χ4n) is 2.66. The minimum Gasteiger partial charge on any atom is -0.478 e. The predicted octanol–water partition coefficient (Wildman–Crippen LogP) is 2.96. The monoisotopic (exact) mass is 251 g/mol. The second kappa shape index (κ2) is 6.05. The lowest BCUT2D eigenvalue weighted by Crippen LogP contribution is -2.16. The van der Waals surface area contributed by atoms with Crippen molar-refractivity contribution in [2.45, 2.75) is 45.6 Å². The maximum absolute atomic E-state index is 10.9. The summed E-state index contributed by atoms with van der Waals surface area (Å²) >= 11 is 0. The van der Waals surface area contributed by atoms with Gasteiger partial charge in [0.15, 0.2) is 0 Å². The van der Waals surface area contributed by atoms with Gasteiger partial charge >= 0.3 is 5.97 Å². The van der Waals surface area contributed by atoms with Crippen molar-refractivity contribution in [3.8, 4) is 0 Å². The van der Waals surface area contributed by atoms with E-state index in [0.717, 1.165) is 12.5 Å². The Balaban J connectivity index is 1.72. The van der Waals surface area contributed by atoms with Gasteiger partial charge in [0.1, 0.15) is 17.1 Å². The number of nitrogens with one attached hydrogen (secondary N) is 1. The molecule has 2 N–H and O–H groups in total. The zero-order valence-electron chi connectivity index (χ0n) is 10.9. The molecule has 0 amide bonds. The summed E-state index contributed by atoms with van der Waals surface area (Å²) in [6.07, 6.45) is 6.70. The van der Waals surface area contributed by atoms with Gasteiger partial charge in [-0.2, -0.15) is 0 Å². The number of aryl methyl sites for hydroxylation is 1. The number of hydrogen-bond donors (Lipinski definition) is 2. The first kappa shape index (κ1) is 13.1. The van der Waals surface area contributed by atoms with Crippen LogP contribution in [-0.4, -0.2) is 17.6 Å². The highest BCUT2D eigenvalue weighted by Gasteiger charge is 2.15. The molecular weight excluding hydrogens is 230 g/mol. The van der Waals surface area contributed by atoms with Crippen molar-refractivity contribution in [3.63, 3.8) is 0 Å². The van der Waals surface area contributed by atoms with Gasteiger partial charge in [-0.15, -0.1) is 0 Å². The Labute approximate surface area is 107 Å². The van der Waals surface area contributed by atoms with Gasteiger partial charge < -0.3 is 14.8 Å². The van der Waals surface area contributed by atoms with Gasteiger partial charge in [-0.05, 0) is 31.9 Å². The van der Waals surface area contributed by atoms with E-state index in [-0.39, 0.29) is 5.56 Å². The van der Waals surface area contributed by atoms with Crippen LogP contribution in [0.4, 0.5) is 0 Å². The summed E-state index contributed by atoms with van der Waals surface area (Å²) in [7, 11) is 0. The second-order valence-corrected chi connectivity index (χ2v) is 5.10. The van der Waals surface area contributed by atoms with Gasteiger partial charge in [0.25, 0.3) is 0 Å². The minimum absolute atomic E-state index is 0.266. The van der Waals surface area contributed by atoms with Crippen LogP contribution in [0.2, 0.25) is 0 Å². The summed E-state index contributed by atoms with van der Waals surface area (Å²) in [5.74, 6) is 1.14. The van der Waals surface area contributed by atoms with Gasteiger partial charge in [0.2, 0.25) is 0 Å². The lowest BCUT2D eigenvalue weighted by Gasteiger charge is -2.08.